The molecule has 4 N–H and O–H groups in total. The van der Waals surface area contributed by atoms with E-state index in [1.807, 2.05) is 0 Å². The van der Waals surface area contributed by atoms with Crippen LogP contribution in [0.4, 0.5) is 0 Å². The number of H-pyrrole nitrogens is 1. The highest BCUT2D eigenvalue weighted by molar-refractivity contribution is 5.96. The van der Waals surface area contributed by atoms with Crippen molar-refractivity contribution in [1.29, 1.82) is 0 Å². The van der Waals surface area contributed by atoms with Crippen molar-refractivity contribution in [3.63, 3.8) is 0 Å². The molecule has 15 heavy (non-hydrogen) atoms. The first-order valence-corrected chi connectivity index (χ1v) is 5.30. The van der Waals surface area contributed by atoms with Crippen LogP contribution in [-0.2, 0) is 0 Å². The van der Waals surface area contributed by atoms with Gasteiger partial charge in [-0.15, -0.1) is 0 Å². The molecule has 2 rings (SSSR count). The van der Waals surface area contributed by atoms with Crippen molar-refractivity contribution in [2.75, 3.05) is 0 Å². The van der Waals surface area contributed by atoms with Gasteiger partial charge in [-0.05, 0) is 12.8 Å². The number of nitrogens with two attached hydrogens (primary N) is 1. The summed E-state index contributed by atoms with van der Waals surface area (Å²) in [5.41, 5.74) is 3.25. The van der Waals surface area contributed by atoms with Crippen LogP contribution in [0.1, 0.15) is 37.8 Å². The van der Waals surface area contributed by atoms with E-state index in [1.54, 1.807) is 6.20 Å². The summed E-state index contributed by atoms with van der Waals surface area (Å²) in [5, 5.41) is 10.2. The van der Waals surface area contributed by atoms with E-state index in [4.69, 9.17) is 5.84 Å². The molecule has 6 heteroatoms. The van der Waals surface area contributed by atoms with Gasteiger partial charge >= 0.3 is 0 Å². The van der Waals surface area contributed by atoms with Gasteiger partial charge in [-0.1, -0.05) is 19.3 Å². The molecule has 1 aromatic heterocycles. The molecule has 1 aromatic rings. The number of aromatic amines is 1. The molecule has 0 spiro atoms. The summed E-state index contributed by atoms with van der Waals surface area (Å²) in [7, 11) is 0. The quantitative estimate of drug-likeness (QED) is 0.283. The van der Waals surface area contributed by atoms with E-state index >= 15 is 0 Å². The maximum absolute atomic E-state index is 5.42. The second kappa shape index (κ2) is 4.88. The van der Waals surface area contributed by atoms with Gasteiger partial charge in [-0.25, -0.2) is 5.84 Å². The van der Waals surface area contributed by atoms with E-state index in [9.17, 15) is 0 Å². The van der Waals surface area contributed by atoms with Crippen LogP contribution in [-0.4, -0.2) is 27.3 Å². The van der Waals surface area contributed by atoms with Crippen LogP contribution in [0, 0.1) is 0 Å². The Kier molecular flexibility index (Phi) is 3.29. The largest absolute Gasteiger partial charge is 0.307 e. The Hall–Kier alpha value is -1.43. The molecule has 6 nitrogen and oxygen atoms in total. The van der Waals surface area contributed by atoms with Gasteiger partial charge in [0.1, 0.15) is 5.69 Å². The van der Waals surface area contributed by atoms with Crippen LogP contribution in [0.5, 0.6) is 0 Å². The number of rotatable bonds is 2. The van der Waals surface area contributed by atoms with Gasteiger partial charge in [0.25, 0.3) is 0 Å². The topological polar surface area (TPSA) is 92.0 Å². The predicted octanol–water partition coefficient (Wildman–Crippen LogP) is 0.347. The molecule has 0 bridgehead atoms. The third-order valence-corrected chi connectivity index (χ3v) is 2.68. The lowest BCUT2D eigenvalue weighted by atomic mass is 9.96. The first-order valence-electron chi connectivity index (χ1n) is 5.30. The average Bonchev–Trinajstić information content (AvgIpc) is 2.81. The molecule has 0 radical (unpaired) electrons. The van der Waals surface area contributed by atoms with Gasteiger partial charge < -0.3 is 5.43 Å². The Bertz CT molecular complexity index is 311. The molecule has 0 aliphatic heterocycles. The van der Waals surface area contributed by atoms with E-state index in [0.29, 0.717) is 17.6 Å². The minimum absolute atomic E-state index is 0.376. The smallest absolute Gasteiger partial charge is 0.165 e. The van der Waals surface area contributed by atoms with Crippen LogP contribution < -0.4 is 11.3 Å². The summed E-state index contributed by atoms with van der Waals surface area (Å²) in [6.45, 7) is 0. The lowest BCUT2D eigenvalue weighted by molar-refractivity contribution is 0.442. The second-order valence-electron chi connectivity index (χ2n) is 3.77. The van der Waals surface area contributed by atoms with Crippen molar-refractivity contribution in [1.82, 2.24) is 20.8 Å². The van der Waals surface area contributed by atoms with Gasteiger partial charge in [0.15, 0.2) is 5.84 Å². The number of amidine groups is 1. The van der Waals surface area contributed by atoms with Gasteiger partial charge in [-0.2, -0.15) is 15.4 Å². The minimum atomic E-state index is 0.376. The van der Waals surface area contributed by atoms with Crippen molar-refractivity contribution >= 4 is 5.84 Å². The molecule has 0 saturated heterocycles. The van der Waals surface area contributed by atoms with Gasteiger partial charge in [-0.3, -0.25) is 4.99 Å². The number of nitrogens with one attached hydrogen (secondary N) is 2. The third-order valence-electron chi connectivity index (χ3n) is 2.68. The molecule has 1 aliphatic carbocycles. The summed E-state index contributed by atoms with van der Waals surface area (Å²) in [6, 6.07) is 0.376. The molecule has 82 valence electrons. The van der Waals surface area contributed by atoms with E-state index < -0.39 is 0 Å². The first kappa shape index (κ1) is 10.1. The number of hydrogen-bond donors (Lipinski definition) is 3. The van der Waals surface area contributed by atoms with E-state index in [1.165, 1.54) is 19.3 Å². The number of aliphatic imine (C=N–C) groups is 1. The van der Waals surface area contributed by atoms with Gasteiger partial charge in [0.05, 0.1) is 12.2 Å². The Labute approximate surface area is 88.3 Å². The van der Waals surface area contributed by atoms with Crippen LogP contribution in [0.2, 0.25) is 0 Å². The van der Waals surface area contributed by atoms with E-state index in [0.717, 1.165) is 12.8 Å². The predicted molar refractivity (Wildman–Crippen MR) is 57.1 cm³/mol. The highest BCUT2D eigenvalue weighted by Crippen LogP contribution is 2.20. The molecule has 0 atom stereocenters. The van der Waals surface area contributed by atoms with Crippen LogP contribution in [0.3, 0.4) is 0 Å². The lowest BCUT2D eigenvalue weighted by Crippen LogP contribution is -2.33. The van der Waals surface area contributed by atoms with Gasteiger partial charge in [0, 0.05) is 0 Å². The Morgan fingerprint density at radius 2 is 2.27 bits per heavy atom. The highest BCUT2D eigenvalue weighted by atomic mass is 15.3. The fourth-order valence-electron chi connectivity index (χ4n) is 1.89. The number of nitrogens with zero attached hydrogens (tertiary/aromatic N) is 3. The third kappa shape index (κ3) is 2.53. The van der Waals surface area contributed by atoms with Crippen molar-refractivity contribution < 1.29 is 0 Å². The van der Waals surface area contributed by atoms with Crippen molar-refractivity contribution in [2.45, 2.75) is 38.1 Å². The lowest BCUT2D eigenvalue weighted by Gasteiger charge is -2.18. The Balaban J connectivity index is 2.08. The number of hydrogen-bond acceptors (Lipinski definition) is 4. The second-order valence-corrected chi connectivity index (χ2v) is 3.77. The Morgan fingerprint density at radius 1 is 1.47 bits per heavy atom. The SMILES string of the molecule is NNC(=NC1CCCCC1)c1cn[nH]n1. The van der Waals surface area contributed by atoms with Crippen molar-refractivity contribution in [2.24, 2.45) is 10.8 Å². The van der Waals surface area contributed by atoms with Crippen LogP contribution in [0.15, 0.2) is 11.2 Å². The Morgan fingerprint density at radius 3 is 2.87 bits per heavy atom. The normalized spacial score (nSPS) is 19.1. The fourth-order valence-corrected chi connectivity index (χ4v) is 1.89. The average molecular weight is 208 g/mol. The maximum atomic E-state index is 5.42. The zero-order valence-corrected chi connectivity index (χ0v) is 8.61. The maximum Gasteiger partial charge on any atom is 0.165 e. The molecular weight excluding hydrogens is 192 g/mol. The molecule has 1 aliphatic rings. The van der Waals surface area contributed by atoms with Crippen LogP contribution in [0.25, 0.3) is 0 Å². The molecule has 0 amide bonds. The van der Waals surface area contributed by atoms with Crippen molar-refractivity contribution in [3.8, 4) is 0 Å². The number of hydrazine groups is 1. The molecule has 0 unspecified atom stereocenters. The minimum Gasteiger partial charge on any atom is -0.307 e. The monoisotopic (exact) mass is 208 g/mol. The standard InChI is InChI=1S/C9H16N6/c10-13-9(8-6-11-15-14-8)12-7-4-2-1-3-5-7/h6-7H,1-5,10H2,(H,12,13)(H,11,14,15). The molecule has 0 aromatic carbocycles. The molecule has 1 saturated carbocycles. The van der Waals surface area contributed by atoms with E-state index in [2.05, 4.69) is 25.8 Å². The number of aromatic nitrogens is 3. The fraction of sp³-hybridized carbons (Fsp3) is 0.667. The first-order chi connectivity index (χ1) is 7.40. The summed E-state index contributed by atoms with van der Waals surface area (Å²) < 4.78 is 0. The molecule has 1 fully saturated rings. The zero-order valence-electron chi connectivity index (χ0n) is 8.61. The highest BCUT2D eigenvalue weighted by Gasteiger charge is 2.14. The van der Waals surface area contributed by atoms with Crippen molar-refractivity contribution in [3.05, 3.63) is 11.9 Å². The van der Waals surface area contributed by atoms with Crippen LogP contribution >= 0.6 is 0 Å². The molecule has 1 heterocycles. The summed E-state index contributed by atoms with van der Waals surface area (Å²) in [6.07, 6.45) is 7.73. The summed E-state index contributed by atoms with van der Waals surface area (Å²) in [4.78, 5) is 4.55. The molecular formula is C9H16N6. The van der Waals surface area contributed by atoms with Gasteiger partial charge in [0.2, 0.25) is 0 Å². The summed E-state index contributed by atoms with van der Waals surface area (Å²) in [5.74, 6) is 6.04. The van der Waals surface area contributed by atoms with E-state index in [-0.39, 0.29) is 0 Å². The zero-order chi connectivity index (χ0) is 10.5. The summed E-state index contributed by atoms with van der Waals surface area (Å²) >= 11 is 0.